The molecule has 190 valence electrons. The van der Waals surface area contributed by atoms with Crippen LogP contribution in [0, 0.1) is 5.82 Å². The van der Waals surface area contributed by atoms with Crippen molar-refractivity contribution >= 4 is 17.5 Å². The summed E-state index contributed by atoms with van der Waals surface area (Å²) in [6, 6.07) is 10.5. The first-order chi connectivity index (χ1) is 17.3. The number of hydrogen-bond acceptors (Lipinski definition) is 5. The summed E-state index contributed by atoms with van der Waals surface area (Å²) in [6.07, 6.45) is 4.65. The maximum Gasteiger partial charge on any atom is 0.270 e. The van der Waals surface area contributed by atoms with Gasteiger partial charge in [0.25, 0.3) is 11.5 Å². The van der Waals surface area contributed by atoms with Crippen LogP contribution in [0.1, 0.15) is 78.9 Å². The van der Waals surface area contributed by atoms with E-state index in [-0.39, 0.29) is 34.8 Å². The molecule has 0 spiro atoms. The van der Waals surface area contributed by atoms with Gasteiger partial charge in [0, 0.05) is 31.6 Å². The third-order valence-electron chi connectivity index (χ3n) is 6.72. The Bertz CT molecular complexity index is 1300. The SMILES string of the molecule is CCCCc1nc(O)c(C(=O)N2CCC(c3ncc(Cl)cc3F)C2)c(=O)n1C(CC)c1ccccc1. The minimum Gasteiger partial charge on any atom is -0.493 e. The van der Waals surface area contributed by atoms with E-state index in [9.17, 15) is 19.1 Å². The van der Waals surface area contributed by atoms with Gasteiger partial charge in [0.1, 0.15) is 11.6 Å². The number of benzene rings is 1. The van der Waals surface area contributed by atoms with Gasteiger partial charge in [0.2, 0.25) is 5.88 Å². The van der Waals surface area contributed by atoms with E-state index < -0.39 is 23.2 Å². The van der Waals surface area contributed by atoms with Gasteiger partial charge in [-0.2, -0.15) is 4.98 Å². The Morgan fingerprint density at radius 2 is 2.03 bits per heavy atom. The Morgan fingerprint density at radius 3 is 2.69 bits per heavy atom. The molecule has 1 fully saturated rings. The number of rotatable bonds is 8. The van der Waals surface area contributed by atoms with Crippen LogP contribution < -0.4 is 5.56 Å². The number of pyridine rings is 1. The molecule has 3 aromatic rings. The van der Waals surface area contributed by atoms with Crippen LogP contribution in [-0.2, 0) is 6.42 Å². The molecule has 1 aromatic carbocycles. The Labute approximate surface area is 214 Å². The summed E-state index contributed by atoms with van der Waals surface area (Å²) in [5.41, 5.74) is 0.249. The number of aromatic nitrogens is 3. The third kappa shape index (κ3) is 5.14. The topological polar surface area (TPSA) is 88.3 Å². The van der Waals surface area contributed by atoms with E-state index in [0.29, 0.717) is 31.6 Å². The standard InChI is InChI=1S/C27H30ClFN4O3/c1-3-5-11-22-31-25(34)23(27(36)33(22)21(4-2)17-9-7-6-8-10-17)26(35)32-13-12-18(16-32)24-20(29)14-19(28)15-30-24/h6-10,14-15,18,21,34H,3-5,11-13,16H2,1-2H3. The quantitative estimate of drug-likeness (QED) is 0.453. The van der Waals surface area contributed by atoms with E-state index in [1.54, 1.807) is 4.57 Å². The van der Waals surface area contributed by atoms with Crippen LogP contribution in [0.3, 0.4) is 0 Å². The smallest absolute Gasteiger partial charge is 0.270 e. The number of carbonyl (C=O) groups is 1. The van der Waals surface area contributed by atoms with Crippen molar-refractivity contribution in [2.24, 2.45) is 0 Å². The van der Waals surface area contributed by atoms with Crippen LogP contribution in [-0.4, -0.2) is 43.5 Å². The fourth-order valence-electron chi connectivity index (χ4n) is 4.88. The summed E-state index contributed by atoms with van der Waals surface area (Å²) in [5.74, 6) is -1.57. The average Bonchev–Trinajstić information content (AvgIpc) is 3.35. The second-order valence-corrected chi connectivity index (χ2v) is 9.53. The zero-order chi connectivity index (χ0) is 25.8. The zero-order valence-electron chi connectivity index (χ0n) is 20.5. The number of likely N-dealkylation sites (tertiary alicyclic amines) is 1. The Hall–Kier alpha value is -3.26. The molecule has 3 heterocycles. The van der Waals surface area contributed by atoms with Crippen molar-refractivity contribution < 1.29 is 14.3 Å². The molecule has 36 heavy (non-hydrogen) atoms. The summed E-state index contributed by atoms with van der Waals surface area (Å²) in [7, 11) is 0. The minimum absolute atomic E-state index is 0.177. The lowest BCUT2D eigenvalue weighted by Gasteiger charge is -2.24. The first-order valence-corrected chi connectivity index (χ1v) is 12.7. The molecule has 1 saturated heterocycles. The second-order valence-electron chi connectivity index (χ2n) is 9.10. The number of nitrogens with zero attached hydrogens (tertiary/aromatic N) is 4. The highest BCUT2D eigenvalue weighted by Crippen LogP contribution is 2.31. The molecule has 0 radical (unpaired) electrons. The summed E-state index contributed by atoms with van der Waals surface area (Å²) in [4.78, 5) is 37.2. The molecular formula is C27H30ClFN4O3. The average molecular weight is 513 g/mol. The van der Waals surface area contributed by atoms with Crippen LogP contribution in [0.15, 0.2) is 47.4 Å². The highest BCUT2D eigenvalue weighted by Gasteiger charge is 2.34. The molecule has 0 saturated carbocycles. The monoisotopic (exact) mass is 512 g/mol. The molecule has 7 nitrogen and oxygen atoms in total. The van der Waals surface area contributed by atoms with Gasteiger partial charge in [-0.05, 0) is 30.9 Å². The molecular weight excluding hydrogens is 483 g/mol. The number of amides is 1. The van der Waals surface area contributed by atoms with Crippen LogP contribution in [0.2, 0.25) is 5.02 Å². The Balaban J connectivity index is 1.71. The fraction of sp³-hybridized carbons (Fsp3) is 0.407. The fourth-order valence-corrected chi connectivity index (χ4v) is 5.02. The van der Waals surface area contributed by atoms with Gasteiger partial charge in [0.05, 0.1) is 16.8 Å². The number of hydrogen-bond donors (Lipinski definition) is 1. The van der Waals surface area contributed by atoms with E-state index in [4.69, 9.17) is 11.6 Å². The van der Waals surface area contributed by atoms with Crippen molar-refractivity contribution in [2.75, 3.05) is 13.1 Å². The molecule has 4 rings (SSSR count). The third-order valence-corrected chi connectivity index (χ3v) is 6.92. The molecule has 1 N–H and O–H groups in total. The van der Waals surface area contributed by atoms with Gasteiger partial charge < -0.3 is 10.0 Å². The first kappa shape index (κ1) is 25.8. The van der Waals surface area contributed by atoms with Crippen LogP contribution in [0.5, 0.6) is 5.88 Å². The summed E-state index contributed by atoms with van der Waals surface area (Å²) < 4.78 is 16.0. The van der Waals surface area contributed by atoms with Crippen molar-refractivity contribution in [2.45, 2.75) is 57.9 Å². The van der Waals surface area contributed by atoms with Crippen molar-refractivity contribution in [1.82, 2.24) is 19.4 Å². The lowest BCUT2D eigenvalue weighted by atomic mass is 10.0. The van der Waals surface area contributed by atoms with Gasteiger partial charge in [0.15, 0.2) is 5.56 Å². The highest BCUT2D eigenvalue weighted by molar-refractivity contribution is 6.30. The van der Waals surface area contributed by atoms with Gasteiger partial charge in [-0.15, -0.1) is 0 Å². The van der Waals surface area contributed by atoms with Gasteiger partial charge >= 0.3 is 0 Å². The lowest BCUT2D eigenvalue weighted by Crippen LogP contribution is -2.38. The van der Waals surface area contributed by atoms with E-state index in [2.05, 4.69) is 9.97 Å². The number of aromatic hydroxyl groups is 1. The zero-order valence-corrected chi connectivity index (χ0v) is 21.2. The Kier molecular flexibility index (Phi) is 8.04. The molecule has 2 atom stereocenters. The predicted molar refractivity (Wildman–Crippen MR) is 136 cm³/mol. The van der Waals surface area contributed by atoms with Crippen LogP contribution in [0.4, 0.5) is 4.39 Å². The van der Waals surface area contributed by atoms with Crippen LogP contribution in [0.25, 0.3) is 0 Å². The largest absolute Gasteiger partial charge is 0.493 e. The molecule has 1 aliphatic rings. The lowest BCUT2D eigenvalue weighted by molar-refractivity contribution is 0.0783. The van der Waals surface area contributed by atoms with Crippen molar-refractivity contribution in [3.63, 3.8) is 0 Å². The van der Waals surface area contributed by atoms with Gasteiger partial charge in [-0.3, -0.25) is 19.1 Å². The summed E-state index contributed by atoms with van der Waals surface area (Å²) in [5, 5.41) is 11.0. The summed E-state index contributed by atoms with van der Waals surface area (Å²) >= 11 is 5.82. The number of carbonyl (C=O) groups excluding carboxylic acids is 1. The minimum atomic E-state index is -0.611. The van der Waals surface area contributed by atoms with E-state index >= 15 is 0 Å². The van der Waals surface area contributed by atoms with Crippen molar-refractivity contribution in [3.05, 3.63) is 86.4 Å². The van der Waals surface area contributed by atoms with E-state index in [1.807, 2.05) is 44.2 Å². The second kappa shape index (κ2) is 11.2. The predicted octanol–water partition coefficient (Wildman–Crippen LogP) is 5.11. The molecule has 2 aromatic heterocycles. The van der Waals surface area contributed by atoms with Crippen molar-refractivity contribution in [3.8, 4) is 5.88 Å². The number of halogens is 2. The normalized spacial score (nSPS) is 16.3. The highest BCUT2D eigenvalue weighted by atomic mass is 35.5. The first-order valence-electron chi connectivity index (χ1n) is 12.3. The molecule has 0 aliphatic carbocycles. The molecule has 1 amide bonds. The van der Waals surface area contributed by atoms with Gasteiger partial charge in [-0.25, -0.2) is 4.39 Å². The summed E-state index contributed by atoms with van der Waals surface area (Å²) in [6.45, 7) is 4.49. The maximum absolute atomic E-state index is 14.4. The molecule has 9 heteroatoms. The van der Waals surface area contributed by atoms with E-state index in [1.165, 1.54) is 17.2 Å². The Morgan fingerprint density at radius 1 is 1.28 bits per heavy atom. The van der Waals surface area contributed by atoms with Crippen molar-refractivity contribution in [1.29, 1.82) is 0 Å². The number of unbranched alkanes of at least 4 members (excludes halogenated alkanes) is 1. The van der Waals surface area contributed by atoms with Gasteiger partial charge in [-0.1, -0.05) is 62.2 Å². The number of aryl methyl sites for hydroxylation is 1. The molecule has 0 bridgehead atoms. The molecule has 2 unspecified atom stereocenters. The molecule has 1 aliphatic heterocycles. The maximum atomic E-state index is 14.4. The van der Waals surface area contributed by atoms with Crippen LogP contribution >= 0.6 is 11.6 Å². The van der Waals surface area contributed by atoms with E-state index in [0.717, 1.165) is 18.4 Å².